The average molecular weight is 528 g/mol. The van der Waals surface area contributed by atoms with Gasteiger partial charge in [-0.1, -0.05) is 55.5 Å². The number of nitrogens with zero attached hydrogens (tertiary/aromatic N) is 5. The van der Waals surface area contributed by atoms with Gasteiger partial charge in [0.1, 0.15) is 11.6 Å². The third-order valence-corrected chi connectivity index (χ3v) is 6.87. The lowest BCUT2D eigenvalue weighted by Gasteiger charge is -2.10. The molecule has 0 bridgehead atoms. The molecule has 3 aromatic heterocycles. The van der Waals surface area contributed by atoms with E-state index >= 15 is 0 Å². The SMILES string of the molecule is CCc1nc(Nc2ccc3c(c2)c2ccccc2n3CC)nc(Nc2cc(C(=O)Cc3ccccc3)ccn2)n1. The number of aryl methyl sites for hydroxylation is 2. The number of benzene rings is 3. The maximum Gasteiger partial charge on any atom is 0.233 e. The molecule has 0 saturated heterocycles. The summed E-state index contributed by atoms with van der Waals surface area (Å²) >= 11 is 0. The van der Waals surface area contributed by atoms with Crippen LogP contribution in [0.1, 0.15) is 35.6 Å². The normalized spacial score (nSPS) is 11.2. The van der Waals surface area contributed by atoms with Crippen LogP contribution in [0.4, 0.5) is 23.4 Å². The Bertz CT molecular complexity index is 1830. The average Bonchev–Trinajstić information content (AvgIpc) is 3.30. The van der Waals surface area contributed by atoms with Crippen LogP contribution in [0.2, 0.25) is 0 Å². The van der Waals surface area contributed by atoms with E-state index in [1.165, 1.54) is 21.8 Å². The number of pyridine rings is 1. The molecule has 3 aromatic carbocycles. The summed E-state index contributed by atoms with van der Waals surface area (Å²) < 4.78 is 2.32. The first-order valence-corrected chi connectivity index (χ1v) is 13.4. The molecule has 3 heterocycles. The van der Waals surface area contributed by atoms with E-state index in [1.54, 1.807) is 18.3 Å². The van der Waals surface area contributed by atoms with Crippen LogP contribution in [0.25, 0.3) is 21.8 Å². The van der Waals surface area contributed by atoms with Gasteiger partial charge in [-0.25, -0.2) is 4.98 Å². The highest BCUT2D eigenvalue weighted by Gasteiger charge is 2.13. The fourth-order valence-corrected chi connectivity index (χ4v) is 4.96. The van der Waals surface area contributed by atoms with E-state index in [0.29, 0.717) is 41.9 Å². The van der Waals surface area contributed by atoms with E-state index in [0.717, 1.165) is 17.8 Å². The van der Waals surface area contributed by atoms with Crippen LogP contribution in [0.15, 0.2) is 91.1 Å². The van der Waals surface area contributed by atoms with Gasteiger partial charge in [0.25, 0.3) is 0 Å². The van der Waals surface area contributed by atoms with Crippen molar-refractivity contribution in [3.05, 3.63) is 108 Å². The Morgan fingerprint density at radius 3 is 2.33 bits per heavy atom. The molecule has 0 unspecified atom stereocenters. The maximum atomic E-state index is 12.9. The van der Waals surface area contributed by atoms with E-state index in [9.17, 15) is 4.79 Å². The Morgan fingerprint density at radius 1 is 0.775 bits per heavy atom. The third-order valence-electron chi connectivity index (χ3n) is 6.87. The van der Waals surface area contributed by atoms with Gasteiger partial charge in [0.15, 0.2) is 5.78 Å². The zero-order valence-electron chi connectivity index (χ0n) is 22.4. The lowest BCUT2D eigenvalue weighted by atomic mass is 10.0. The number of aromatic nitrogens is 5. The highest BCUT2D eigenvalue weighted by atomic mass is 16.1. The minimum absolute atomic E-state index is 0.0173. The van der Waals surface area contributed by atoms with Gasteiger partial charge in [0.2, 0.25) is 11.9 Å². The highest BCUT2D eigenvalue weighted by Crippen LogP contribution is 2.31. The molecule has 0 aliphatic rings. The summed E-state index contributed by atoms with van der Waals surface area (Å²) in [6.07, 6.45) is 2.58. The largest absolute Gasteiger partial charge is 0.341 e. The molecule has 0 atom stereocenters. The molecule has 0 aliphatic heterocycles. The first-order chi connectivity index (χ1) is 19.6. The fraction of sp³-hybridized carbons (Fsp3) is 0.156. The summed E-state index contributed by atoms with van der Waals surface area (Å²) in [5.74, 6) is 1.94. The molecule has 6 rings (SSSR count). The Labute approximate surface area is 232 Å². The minimum atomic E-state index is 0.0173. The van der Waals surface area contributed by atoms with Crippen molar-refractivity contribution in [1.29, 1.82) is 0 Å². The second-order valence-corrected chi connectivity index (χ2v) is 9.51. The first-order valence-electron chi connectivity index (χ1n) is 13.4. The quantitative estimate of drug-likeness (QED) is 0.198. The number of anilines is 4. The number of hydrogen-bond acceptors (Lipinski definition) is 7. The monoisotopic (exact) mass is 527 g/mol. The Balaban J connectivity index is 1.26. The number of carbonyl (C=O) groups is 1. The number of Topliss-reactive ketones (excluding diaryl/α,β-unsaturated/α-hetero) is 1. The van der Waals surface area contributed by atoms with Gasteiger partial charge >= 0.3 is 0 Å². The van der Waals surface area contributed by atoms with Gasteiger partial charge in [-0.15, -0.1) is 0 Å². The van der Waals surface area contributed by atoms with Crippen molar-refractivity contribution < 1.29 is 4.79 Å². The van der Waals surface area contributed by atoms with Gasteiger partial charge < -0.3 is 15.2 Å². The van der Waals surface area contributed by atoms with Crippen LogP contribution in [-0.2, 0) is 19.4 Å². The summed E-state index contributed by atoms with van der Waals surface area (Å²) in [5.41, 5.74) is 4.83. The van der Waals surface area contributed by atoms with Crippen molar-refractivity contribution >= 4 is 51.0 Å². The molecule has 0 fully saturated rings. The molecular weight excluding hydrogens is 498 g/mol. The van der Waals surface area contributed by atoms with Crippen LogP contribution in [-0.4, -0.2) is 30.3 Å². The van der Waals surface area contributed by atoms with E-state index in [2.05, 4.69) is 78.5 Å². The lowest BCUT2D eigenvalue weighted by molar-refractivity contribution is 0.0993. The van der Waals surface area contributed by atoms with Gasteiger partial charge in [0.05, 0.1) is 0 Å². The Kier molecular flexibility index (Phi) is 6.89. The summed E-state index contributed by atoms with van der Waals surface area (Å²) in [6, 6.07) is 27.9. The number of fused-ring (bicyclic) bond motifs is 3. The standard InChI is InChI=1S/C32H29N7O/c1-3-29-35-31(34-23-14-15-27-25(20-23)24-12-8-9-13-26(24)39(27)4-2)38-32(36-29)37-30-19-22(16-17-33-30)28(40)18-21-10-6-5-7-11-21/h5-17,19-20H,3-4,18H2,1-2H3,(H2,33,34,35,36,37,38). The van der Waals surface area contributed by atoms with Crippen LogP contribution >= 0.6 is 0 Å². The van der Waals surface area contributed by atoms with E-state index in [-0.39, 0.29) is 5.78 Å². The summed E-state index contributed by atoms with van der Waals surface area (Å²) in [6.45, 7) is 5.05. The van der Waals surface area contributed by atoms with Gasteiger partial charge in [-0.05, 0) is 48.9 Å². The molecule has 198 valence electrons. The molecular formula is C32H29N7O. The second-order valence-electron chi connectivity index (χ2n) is 9.51. The molecule has 2 N–H and O–H groups in total. The van der Waals surface area contributed by atoms with Crippen LogP contribution in [0.5, 0.6) is 0 Å². The number of hydrogen-bond donors (Lipinski definition) is 2. The molecule has 0 saturated carbocycles. The maximum absolute atomic E-state index is 12.9. The van der Waals surface area contributed by atoms with Crippen LogP contribution < -0.4 is 10.6 Å². The number of rotatable bonds is 9. The lowest BCUT2D eigenvalue weighted by Crippen LogP contribution is -2.09. The van der Waals surface area contributed by atoms with Crippen LogP contribution in [0, 0.1) is 0 Å². The number of nitrogens with one attached hydrogen (secondary N) is 2. The Hall–Kier alpha value is -5.11. The number of ketones is 1. The molecule has 8 heteroatoms. The number of para-hydroxylation sites is 1. The molecule has 8 nitrogen and oxygen atoms in total. The van der Waals surface area contributed by atoms with Crippen molar-refractivity contribution in [2.45, 2.75) is 33.2 Å². The predicted octanol–water partition coefficient (Wildman–Crippen LogP) is 6.87. The molecule has 0 amide bonds. The highest BCUT2D eigenvalue weighted by molar-refractivity contribution is 6.09. The van der Waals surface area contributed by atoms with Crippen molar-refractivity contribution in [3.63, 3.8) is 0 Å². The van der Waals surface area contributed by atoms with Gasteiger partial charge in [-0.3, -0.25) is 4.79 Å². The van der Waals surface area contributed by atoms with Crippen molar-refractivity contribution in [1.82, 2.24) is 24.5 Å². The Morgan fingerprint density at radius 2 is 1.52 bits per heavy atom. The zero-order valence-corrected chi connectivity index (χ0v) is 22.4. The van der Waals surface area contributed by atoms with Crippen molar-refractivity contribution in [2.24, 2.45) is 0 Å². The van der Waals surface area contributed by atoms with E-state index in [1.807, 2.05) is 43.3 Å². The zero-order chi connectivity index (χ0) is 27.5. The molecule has 0 aliphatic carbocycles. The van der Waals surface area contributed by atoms with E-state index < -0.39 is 0 Å². The summed E-state index contributed by atoms with van der Waals surface area (Å²) in [7, 11) is 0. The summed E-state index contributed by atoms with van der Waals surface area (Å²) in [5, 5.41) is 8.90. The topological polar surface area (TPSA) is 97.6 Å². The first kappa shape index (κ1) is 25.2. The molecule has 0 spiro atoms. The van der Waals surface area contributed by atoms with Crippen LogP contribution in [0.3, 0.4) is 0 Å². The predicted molar refractivity (Wildman–Crippen MR) is 160 cm³/mol. The van der Waals surface area contributed by atoms with Gasteiger partial charge in [-0.2, -0.15) is 15.0 Å². The molecule has 40 heavy (non-hydrogen) atoms. The molecule has 6 aromatic rings. The minimum Gasteiger partial charge on any atom is -0.341 e. The van der Waals surface area contributed by atoms with Crippen molar-refractivity contribution in [3.8, 4) is 0 Å². The summed E-state index contributed by atoms with van der Waals surface area (Å²) in [4.78, 5) is 31.0. The number of carbonyl (C=O) groups excluding carboxylic acids is 1. The molecule has 0 radical (unpaired) electrons. The third kappa shape index (κ3) is 5.11. The van der Waals surface area contributed by atoms with Gasteiger partial charge in [0, 0.05) is 58.6 Å². The fourth-order valence-electron chi connectivity index (χ4n) is 4.96. The smallest absolute Gasteiger partial charge is 0.233 e. The van der Waals surface area contributed by atoms with Crippen molar-refractivity contribution in [2.75, 3.05) is 10.6 Å². The van der Waals surface area contributed by atoms with E-state index in [4.69, 9.17) is 0 Å². The second kappa shape index (κ2) is 10.9.